The molecule has 0 aliphatic carbocycles. The van der Waals surface area contributed by atoms with Crippen molar-refractivity contribution in [2.45, 2.75) is 26.4 Å². The van der Waals surface area contributed by atoms with Crippen LogP contribution in [-0.2, 0) is 11.3 Å². The number of carbonyl (C=O) groups excluding carboxylic acids is 1. The zero-order valence-electron chi connectivity index (χ0n) is 16.6. The molecule has 3 rings (SSSR count). The minimum Gasteiger partial charge on any atom is -0.495 e. The van der Waals surface area contributed by atoms with Crippen molar-refractivity contribution in [3.8, 4) is 5.75 Å². The highest BCUT2D eigenvalue weighted by Gasteiger charge is 2.21. The van der Waals surface area contributed by atoms with Crippen LogP contribution in [0.5, 0.6) is 5.75 Å². The number of nitrogens with one attached hydrogen (secondary N) is 1. The van der Waals surface area contributed by atoms with Gasteiger partial charge in [-0.25, -0.2) is 4.68 Å². The van der Waals surface area contributed by atoms with Crippen molar-refractivity contribution in [1.29, 1.82) is 0 Å². The molecular weight excluding hydrogens is 358 g/mol. The second-order valence-corrected chi connectivity index (χ2v) is 7.06. The summed E-state index contributed by atoms with van der Waals surface area (Å²) in [6.07, 6.45) is 0. The summed E-state index contributed by atoms with van der Waals surface area (Å²) >= 11 is 0. The molecule has 1 aromatic carbocycles. The third-order valence-corrected chi connectivity index (χ3v) is 4.63. The zero-order chi connectivity index (χ0) is 20.1. The summed E-state index contributed by atoms with van der Waals surface area (Å²) in [7, 11) is 1.68. The molecule has 1 aromatic heterocycles. The van der Waals surface area contributed by atoms with Gasteiger partial charge >= 0.3 is 0 Å². The molecule has 0 bridgehead atoms. The van der Waals surface area contributed by atoms with Crippen LogP contribution in [0.25, 0.3) is 0 Å². The molecule has 1 aliphatic rings. The Bertz CT molecular complexity index is 872. The van der Waals surface area contributed by atoms with E-state index in [0.717, 1.165) is 37.6 Å². The number of carbonyl (C=O) groups is 1. The number of nitrogens with zero attached hydrogens (tertiary/aromatic N) is 4. The topological polar surface area (TPSA) is 79.7 Å². The van der Waals surface area contributed by atoms with Crippen molar-refractivity contribution in [1.82, 2.24) is 15.1 Å². The van der Waals surface area contributed by atoms with Crippen molar-refractivity contribution >= 4 is 17.4 Å². The van der Waals surface area contributed by atoms with Gasteiger partial charge in [0.25, 0.3) is 5.56 Å². The third-order valence-electron chi connectivity index (χ3n) is 4.63. The summed E-state index contributed by atoms with van der Waals surface area (Å²) < 4.78 is 6.68. The van der Waals surface area contributed by atoms with E-state index in [2.05, 4.69) is 26.3 Å². The van der Waals surface area contributed by atoms with Crippen LogP contribution in [0, 0.1) is 0 Å². The summed E-state index contributed by atoms with van der Waals surface area (Å²) in [5.41, 5.74) is 0.795. The summed E-state index contributed by atoms with van der Waals surface area (Å²) in [6, 6.07) is 11.2. The van der Waals surface area contributed by atoms with Crippen LogP contribution in [0.15, 0.2) is 41.2 Å². The number of piperazine rings is 1. The van der Waals surface area contributed by atoms with Gasteiger partial charge in [0.1, 0.15) is 18.1 Å². The quantitative estimate of drug-likeness (QED) is 0.802. The fourth-order valence-corrected chi connectivity index (χ4v) is 3.29. The van der Waals surface area contributed by atoms with E-state index < -0.39 is 0 Å². The van der Waals surface area contributed by atoms with E-state index in [4.69, 9.17) is 4.74 Å². The molecule has 0 spiro atoms. The molecule has 150 valence electrons. The van der Waals surface area contributed by atoms with E-state index in [0.29, 0.717) is 5.82 Å². The predicted octanol–water partition coefficient (Wildman–Crippen LogP) is 1.10. The van der Waals surface area contributed by atoms with E-state index >= 15 is 0 Å². The van der Waals surface area contributed by atoms with Crippen LogP contribution < -0.4 is 25.4 Å². The molecule has 8 nitrogen and oxygen atoms in total. The minimum absolute atomic E-state index is 0.0226. The van der Waals surface area contributed by atoms with Crippen LogP contribution in [0.2, 0.25) is 0 Å². The van der Waals surface area contributed by atoms with Crippen molar-refractivity contribution in [3.63, 3.8) is 0 Å². The van der Waals surface area contributed by atoms with Crippen LogP contribution in [0.4, 0.5) is 11.5 Å². The standard InChI is InChI=1S/C20H27N5O3/c1-15(2)21-19(26)14-25-20(27)9-8-18(22-25)24-12-10-23(11-13-24)16-6-4-5-7-17(16)28-3/h4-9,15H,10-14H2,1-3H3,(H,21,26). The molecule has 1 N–H and O–H groups in total. The zero-order valence-corrected chi connectivity index (χ0v) is 16.6. The lowest BCUT2D eigenvalue weighted by Gasteiger charge is -2.37. The first-order valence-corrected chi connectivity index (χ1v) is 9.48. The number of para-hydroxylation sites is 2. The largest absolute Gasteiger partial charge is 0.495 e. The minimum atomic E-state index is -0.282. The number of anilines is 2. The highest BCUT2D eigenvalue weighted by molar-refractivity contribution is 5.75. The number of ether oxygens (including phenoxy) is 1. The van der Waals surface area contributed by atoms with Crippen molar-refractivity contribution in [2.24, 2.45) is 0 Å². The predicted molar refractivity (Wildman–Crippen MR) is 109 cm³/mol. The molecule has 1 saturated heterocycles. The maximum atomic E-state index is 12.1. The monoisotopic (exact) mass is 385 g/mol. The Labute approximate surface area is 164 Å². The van der Waals surface area contributed by atoms with Gasteiger partial charge in [-0.3, -0.25) is 9.59 Å². The first-order valence-electron chi connectivity index (χ1n) is 9.48. The van der Waals surface area contributed by atoms with Gasteiger partial charge < -0.3 is 19.9 Å². The van der Waals surface area contributed by atoms with Gasteiger partial charge in [-0.1, -0.05) is 12.1 Å². The van der Waals surface area contributed by atoms with Crippen molar-refractivity contribution in [3.05, 3.63) is 46.8 Å². The van der Waals surface area contributed by atoms with Crippen molar-refractivity contribution in [2.75, 3.05) is 43.1 Å². The molecule has 28 heavy (non-hydrogen) atoms. The van der Waals surface area contributed by atoms with Gasteiger partial charge in [-0.2, -0.15) is 5.10 Å². The van der Waals surface area contributed by atoms with Crippen LogP contribution in [0.1, 0.15) is 13.8 Å². The van der Waals surface area contributed by atoms with Crippen LogP contribution >= 0.6 is 0 Å². The van der Waals surface area contributed by atoms with E-state index in [1.54, 1.807) is 13.2 Å². The molecule has 0 atom stereocenters. The maximum absolute atomic E-state index is 12.1. The van der Waals surface area contributed by atoms with Gasteiger partial charge in [0, 0.05) is 38.3 Å². The van der Waals surface area contributed by atoms with E-state index in [1.165, 1.54) is 10.7 Å². The smallest absolute Gasteiger partial charge is 0.267 e. The molecule has 0 radical (unpaired) electrons. The molecule has 1 amide bonds. The van der Waals surface area contributed by atoms with Gasteiger partial charge in [0.2, 0.25) is 5.91 Å². The van der Waals surface area contributed by atoms with Gasteiger partial charge in [0.15, 0.2) is 0 Å². The molecule has 0 saturated carbocycles. The van der Waals surface area contributed by atoms with E-state index in [1.807, 2.05) is 32.0 Å². The maximum Gasteiger partial charge on any atom is 0.267 e. The number of amides is 1. The summed E-state index contributed by atoms with van der Waals surface area (Å²) in [5, 5.41) is 7.18. The Morgan fingerprint density at radius 2 is 1.79 bits per heavy atom. The van der Waals surface area contributed by atoms with E-state index in [9.17, 15) is 9.59 Å². The fourth-order valence-electron chi connectivity index (χ4n) is 3.29. The number of rotatable bonds is 6. The Hall–Kier alpha value is -3.03. The highest BCUT2D eigenvalue weighted by atomic mass is 16.5. The second kappa shape index (κ2) is 8.77. The molecular formula is C20H27N5O3. The van der Waals surface area contributed by atoms with Gasteiger partial charge in [-0.05, 0) is 32.0 Å². The number of aromatic nitrogens is 2. The Morgan fingerprint density at radius 3 is 2.46 bits per heavy atom. The van der Waals surface area contributed by atoms with Gasteiger partial charge in [-0.15, -0.1) is 0 Å². The van der Waals surface area contributed by atoms with Gasteiger partial charge in [0.05, 0.1) is 12.8 Å². The number of benzene rings is 1. The SMILES string of the molecule is COc1ccccc1N1CCN(c2ccc(=O)n(CC(=O)NC(C)C)n2)CC1. The second-order valence-electron chi connectivity index (χ2n) is 7.06. The normalized spacial score (nSPS) is 14.3. The Morgan fingerprint density at radius 1 is 1.11 bits per heavy atom. The lowest BCUT2D eigenvalue weighted by Crippen LogP contribution is -2.47. The Balaban J connectivity index is 1.68. The third kappa shape index (κ3) is 4.62. The summed E-state index contributed by atoms with van der Waals surface area (Å²) in [4.78, 5) is 28.4. The lowest BCUT2D eigenvalue weighted by molar-refractivity contribution is -0.122. The average Bonchev–Trinajstić information content (AvgIpc) is 2.69. The number of hydrogen-bond donors (Lipinski definition) is 1. The summed E-state index contributed by atoms with van der Waals surface area (Å²) in [6.45, 7) is 6.84. The Kier molecular flexibility index (Phi) is 6.18. The average molecular weight is 385 g/mol. The number of hydrogen-bond acceptors (Lipinski definition) is 6. The molecule has 8 heteroatoms. The molecule has 2 heterocycles. The molecule has 2 aromatic rings. The lowest BCUT2D eigenvalue weighted by atomic mass is 10.2. The van der Waals surface area contributed by atoms with Crippen LogP contribution in [-0.4, -0.2) is 55.0 Å². The molecule has 1 fully saturated rings. The molecule has 1 aliphatic heterocycles. The first kappa shape index (κ1) is 19.7. The fraction of sp³-hybridized carbons (Fsp3) is 0.450. The first-order chi connectivity index (χ1) is 13.5. The van der Waals surface area contributed by atoms with Crippen LogP contribution in [0.3, 0.4) is 0 Å². The molecule has 0 unspecified atom stereocenters. The van der Waals surface area contributed by atoms with Crippen molar-refractivity contribution < 1.29 is 9.53 Å². The number of methoxy groups -OCH3 is 1. The summed E-state index contributed by atoms with van der Waals surface area (Å²) in [5.74, 6) is 1.35. The highest BCUT2D eigenvalue weighted by Crippen LogP contribution is 2.28. The van der Waals surface area contributed by atoms with E-state index in [-0.39, 0.29) is 24.1 Å².